The molecule has 2 rings (SSSR count). The minimum atomic E-state index is -0.313. The summed E-state index contributed by atoms with van der Waals surface area (Å²) in [7, 11) is 0. The van der Waals surface area contributed by atoms with Crippen molar-refractivity contribution < 1.29 is 9.53 Å². The summed E-state index contributed by atoms with van der Waals surface area (Å²) in [6.45, 7) is 4.24. The molecule has 0 bridgehead atoms. The van der Waals surface area contributed by atoms with Gasteiger partial charge >= 0.3 is 5.97 Å². The van der Waals surface area contributed by atoms with Crippen LogP contribution in [-0.2, 0) is 4.74 Å². The quantitative estimate of drug-likeness (QED) is 0.508. The second-order valence-corrected chi connectivity index (χ2v) is 6.34. The molecule has 0 spiro atoms. The average molecular weight is 419 g/mol. The Morgan fingerprint density at radius 1 is 1.35 bits per heavy atom. The van der Waals surface area contributed by atoms with Crippen molar-refractivity contribution in [3.05, 3.63) is 62.3 Å². The Balaban J connectivity index is 2.49. The number of rotatable bonds is 4. The van der Waals surface area contributed by atoms with Gasteiger partial charge in [0.25, 0.3) is 0 Å². The maximum Gasteiger partial charge on any atom is 0.338 e. The first-order chi connectivity index (χ1) is 11.1. The third-order valence-electron chi connectivity index (χ3n) is 3.63. The second kappa shape index (κ2) is 8.11. The largest absolute Gasteiger partial charge is 0.462 e. The molecular weight excluding hydrogens is 401 g/mol. The molecule has 1 aliphatic rings. The Labute approximate surface area is 150 Å². The van der Waals surface area contributed by atoms with E-state index in [1.807, 2.05) is 24.3 Å². The van der Waals surface area contributed by atoms with Crippen LogP contribution in [0.2, 0.25) is 0 Å². The number of nitriles is 1. The van der Waals surface area contributed by atoms with Crippen molar-refractivity contribution in [2.75, 3.05) is 6.61 Å². The summed E-state index contributed by atoms with van der Waals surface area (Å²) in [5.74, 6) is -0.313. The standard InChI is InChI=1S/C19H18INO2/c1-3-13-9-14(12-21)5-6-15(10-13)17-11-16(7-8-18(17)20)19(22)23-4-2/h5-8,10-11H,3-4,9H2,1-2H3. The van der Waals surface area contributed by atoms with Crippen LogP contribution in [0, 0.1) is 14.9 Å². The van der Waals surface area contributed by atoms with Crippen molar-refractivity contribution in [1.29, 1.82) is 5.26 Å². The Morgan fingerprint density at radius 3 is 2.78 bits per heavy atom. The molecule has 3 nitrogen and oxygen atoms in total. The van der Waals surface area contributed by atoms with E-state index < -0.39 is 0 Å². The van der Waals surface area contributed by atoms with Crippen LogP contribution in [0.5, 0.6) is 0 Å². The molecule has 0 unspecified atom stereocenters. The topological polar surface area (TPSA) is 50.1 Å². The Kier molecular flexibility index (Phi) is 6.17. The number of benzene rings is 1. The molecule has 23 heavy (non-hydrogen) atoms. The first-order valence-electron chi connectivity index (χ1n) is 7.56. The fourth-order valence-electron chi connectivity index (χ4n) is 2.37. The van der Waals surface area contributed by atoms with Crippen LogP contribution >= 0.6 is 22.6 Å². The van der Waals surface area contributed by atoms with E-state index in [1.54, 1.807) is 13.0 Å². The van der Waals surface area contributed by atoms with Crippen LogP contribution in [-0.4, -0.2) is 12.6 Å². The zero-order valence-electron chi connectivity index (χ0n) is 13.2. The van der Waals surface area contributed by atoms with Crippen molar-refractivity contribution in [2.45, 2.75) is 26.7 Å². The van der Waals surface area contributed by atoms with Crippen molar-refractivity contribution in [2.24, 2.45) is 0 Å². The Hall–Kier alpha value is -1.87. The molecule has 1 aliphatic carbocycles. The number of carbonyl (C=O) groups is 1. The van der Waals surface area contributed by atoms with Gasteiger partial charge in [-0.25, -0.2) is 4.79 Å². The van der Waals surface area contributed by atoms with Gasteiger partial charge in [0.2, 0.25) is 0 Å². The molecule has 0 fully saturated rings. The lowest BCUT2D eigenvalue weighted by Crippen LogP contribution is -2.05. The normalized spacial score (nSPS) is 14.1. The summed E-state index contributed by atoms with van der Waals surface area (Å²) in [6, 6.07) is 7.80. The van der Waals surface area contributed by atoms with Gasteiger partial charge in [-0.05, 0) is 71.3 Å². The number of esters is 1. The Bertz CT molecular complexity index is 751. The minimum absolute atomic E-state index is 0.313. The minimum Gasteiger partial charge on any atom is -0.462 e. The summed E-state index contributed by atoms with van der Waals surface area (Å²) >= 11 is 2.26. The molecule has 118 valence electrons. The lowest BCUT2D eigenvalue weighted by atomic mass is 9.99. The first-order valence-corrected chi connectivity index (χ1v) is 8.64. The first kappa shape index (κ1) is 17.5. The highest BCUT2D eigenvalue weighted by molar-refractivity contribution is 14.1. The molecular formula is C19H18INO2. The fourth-order valence-corrected chi connectivity index (χ4v) is 3.02. The van der Waals surface area contributed by atoms with Crippen LogP contribution in [0.4, 0.5) is 0 Å². The second-order valence-electron chi connectivity index (χ2n) is 5.17. The molecule has 4 heteroatoms. The molecule has 0 aromatic heterocycles. The van der Waals surface area contributed by atoms with Gasteiger partial charge in [-0.3, -0.25) is 0 Å². The summed E-state index contributed by atoms with van der Waals surface area (Å²) in [6.07, 6.45) is 7.51. The maximum absolute atomic E-state index is 12.0. The molecule has 1 aromatic rings. The smallest absolute Gasteiger partial charge is 0.338 e. The van der Waals surface area contributed by atoms with Gasteiger partial charge in [0, 0.05) is 15.6 Å². The van der Waals surface area contributed by atoms with Gasteiger partial charge in [0.05, 0.1) is 18.2 Å². The number of carbonyl (C=O) groups excluding carboxylic acids is 1. The highest BCUT2D eigenvalue weighted by Crippen LogP contribution is 2.29. The third-order valence-corrected chi connectivity index (χ3v) is 4.57. The number of hydrogen-bond acceptors (Lipinski definition) is 3. The SMILES string of the molecule is CCOC(=O)c1ccc(I)c(C2=CC=C(C#N)CC(CC)=C2)c1. The van der Waals surface area contributed by atoms with Crippen molar-refractivity contribution in [1.82, 2.24) is 0 Å². The molecule has 0 radical (unpaired) electrons. The average Bonchev–Trinajstić information content (AvgIpc) is 2.77. The van der Waals surface area contributed by atoms with Crippen LogP contribution < -0.4 is 0 Å². The van der Waals surface area contributed by atoms with Crippen LogP contribution in [0.25, 0.3) is 5.57 Å². The van der Waals surface area contributed by atoms with Crippen LogP contribution in [0.3, 0.4) is 0 Å². The van der Waals surface area contributed by atoms with E-state index in [0.717, 1.165) is 26.7 Å². The van der Waals surface area contributed by atoms with Crippen molar-refractivity contribution >= 4 is 34.1 Å². The van der Waals surface area contributed by atoms with Gasteiger partial charge in [-0.1, -0.05) is 24.6 Å². The zero-order chi connectivity index (χ0) is 16.8. The van der Waals surface area contributed by atoms with E-state index in [1.165, 1.54) is 5.57 Å². The molecule has 0 saturated carbocycles. The number of hydrogen-bond donors (Lipinski definition) is 0. The van der Waals surface area contributed by atoms with E-state index in [0.29, 0.717) is 18.6 Å². The summed E-state index contributed by atoms with van der Waals surface area (Å²) < 4.78 is 6.14. The number of halogens is 1. The zero-order valence-corrected chi connectivity index (χ0v) is 15.4. The van der Waals surface area contributed by atoms with Gasteiger partial charge in [0.15, 0.2) is 0 Å². The predicted octanol–water partition coefficient (Wildman–Crippen LogP) is 5.04. The van der Waals surface area contributed by atoms with E-state index in [9.17, 15) is 10.1 Å². The lowest BCUT2D eigenvalue weighted by molar-refractivity contribution is 0.0526. The van der Waals surface area contributed by atoms with Gasteiger partial charge in [-0.2, -0.15) is 5.26 Å². The van der Waals surface area contributed by atoms with E-state index in [-0.39, 0.29) is 5.97 Å². The number of ether oxygens (including phenoxy) is 1. The molecule has 0 N–H and O–H groups in total. The van der Waals surface area contributed by atoms with Gasteiger partial charge < -0.3 is 4.74 Å². The third kappa shape index (κ3) is 4.32. The monoisotopic (exact) mass is 419 g/mol. The molecule has 1 aromatic carbocycles. The summed E-state index contributed by atoms with van der Waals surface area (Å²) in [4.78, 5) is 12.0. The molecule has 0 atom stereocenters. The number of nitrogens with zero attached hydrogens (tertiary/aromatic N) is 1. The van der Waals surface area contributed by atoms with Crippen molar-refractivity contribution in [3.8, 4) is 6.07 Å². The van der Waals surface area contributed by atoms with Gasteiger partial charge in [0.1, 0.15) is 0 Å². The number of allylic oxidation sites excluding steroid dienone is 6. The lowest BCUT2D eigenvalue weighted by Gasteiger charge is -2.10. The molecule has 0 heterocycles. The highest BCUT2D eigenvalue weighted by atomic mass is 127. The fraction of sp³-hybridized carbons (Fsp3) is 0.263. The molecule has 0 saturated heterocycles. The van der Waals surface area contributed by atoms with E-state index >= 15 is 0 Å². The predicted molar refractivity (Wildman–Crippen MR) is 99.8 cm³/mol. The molecule has 0 amide bonds. The summed E-state index contributed by atoms with van der Waals surface area (Å²) in [5, 5.41) is 9.18. The van der Waals surface area contributed by atoms with Gasteiger partial charge in [-0.15, -0.1) is 0 Å². The summed E-state index contributed by atoms with van der Waals surface area (Å²) in [5.41, 5.74) is 4.51. The highest BCUT2D eigenvalue weighted by Gasteiger charge is 2.13. The Morgan fingerprint density at radius 2 is 2.13 bits per heavy atom. The molecule has 0 aliphatic heterocycles. The van der Waals surface area contributed by atoms with E-state index in [4.69, 9.17) is 4.74 Å². The van der Waals surface area contributed by atoms with E-state index in [2.05, 4.69) is 41.7 Å². The van der Waals surface area contributed by atoms with Crippen molar-refractivity contribution in [3.63, 3.8) is 0 Å². The van der Waals surface area contributed by atoms with Crippen LogP contribution in [0.1, 0.15) is 42.6 Å². The maximum atomic E-state index is 12.0. The van der Waals surface area contributed by atoms with Crippen LogP contribution in [0.15, 0.2) is 47.6 Å².